The number of esters is 3. The Morgan fingerprint density at radius 3 is 0.625 bits per heavy atom. The maximum atomic E-state index is 12.8. The SMILES string of the molecule is CCCCCCCCCCCCCCCCCCCC(=O)OC[C@@H](COC(=O)CCCCCCCCCCCCCC)OC(=O)CCCCCCCCCCCCCCCCCCC. The smallest absolute Gasteiger partial charge is 0.306 e. The monoisotopic (exact) mass is 905 g/mol. The average molecular weight is 906 g/mol. The molecular weight excluding hydrogens is 793 g/mol. The van der Waals surface area contributed by atoms with Crippen molar-refractivity contribution in [3.8, 4) is 0 Å². The fraction of sp³-hybridized carbons (Fsp3) is 0.948. The number of unbranched alkanes of at least 4 members (excludes halogenated alkanes) is 43. The lowest BCUT2D eigenvalue weighted by molar-refractivity contribution is -0.167. The number of hydrogen-bond donors (Lipinski definition) is 0. The molecule has 0 aromatic carbocycles. The quantitative estimate of drug-likeness (QED) is 0.0344. The minimum absolute atomic E-state index is 0.0610. The average Bonchev–Trinajstić information content (AvgIpc) is 3.29. The highest BCUT2D eigenvalue weighted by atomic mass is 16.6. The third-order valence-electron chi connectivity index (χ3n) is 13.4. The first-order chi connectivity index (χ1) is 31.5. The standard InChI is InChI=1S/C58H112O6/c1-4-7-10-13-16-19-22-25-27-29-31-33-36-39-42-45-48-51-57(60)63-54-55(53-62-56(59)50-47-44-41-38-35-24-21-18-15-12-9-6-3)64-58(61)52-49-46-43-40-37-34-32-30-28-26-23-20-17-14-11-8-5-2/h55H,4-54H2,1-3H3/t55-/m1/s1. The van der Waals surface area contributed by atoms with E-state index in [0.29, 0.717) is 19.3 Å². The van der Waals surface area contributed by atoms with Gasteiger partial charge in [-0.15, -0.1) is 0 Å². The normalized spacial score (nSPS) is 11.9. The van der Waals surface area contributed by atoms with Gasteiger partial charge in [-0.2, -0.15) is 0 Å². The molecule has 0 unspecified atom stereocenters. The van der Waals surface area contributed by atoms with Gasteiger partial charge in [0.1, 0.15) is 13.2 Å². The zero-order valence-electron chi connectivity index (χ0n) is 43.6. The molecule has 0 amide bonds. The van der Waals surface area contributed by atoms with Crippen LogP contribution >= 0.6 is 0 Å². The molecule has 0 aromatic heterocycles. The predicted octanol–water partition coefficient (Wildman–Crippen LogP) is 19.2. The highest BCUT2D eigenvalue weighted by Gasteiger charge is 2.19. The molecule has 0 heterocycles. The molecule has 0 saturated carbocycles. The second-order valence-corrected chi connectivity index (χ2v) is 19.9. The molecule has 0 aliphatic rings. The van der Waals surface area contributed by atoms with Gasteiger partial charge in [0, 0.05) is 19.3 Å². The van der Waals surface area contributed by atoms with Crippen LogP contribution in [-0.4, -0.2) is 37.2 Å². The van der Waals surface area contributed by atoms with E-state index in [2.05, 4.69) is 20.8 Å². The van der Waals surface area contributed by atoms with Crippen molar-refractivity contribution in [2.45, 2.75) is 341 Å². The maximum absolute atomic E-state index is 12.8. The molecule has 64 heavy (non-hydrogen) atoms. The van der Waals surface area contributed by atoms with E-state index in [-0.39, 0.29) is 31.1 Å². The lowest BCUT2D eigenvalue weighted by Gasteiger charge is -2.18. The van der Waals surface area contributed by atoms with Crippen molar-refractivity contribution in [3.63, 3.8) is 0 Å². The molecule has 0 rings (SSSR count). The molecule has 0 bridgehead atoms. The number of rotatable bonds is 54. The van der Waals surface area contributed by atoms with Crippen LogP contribution in [-0.2, 0) is 28.6 Å². The van der Waals surface area contributed by atoms with Crippen molar-refractivity contribution in [3.05, 3.63) is 0 Å². The Balaban J connectivity index is 4.27. The van der Waals surface area contributed by atoms with Crippen molar-refractivity contribution in [2.75, 3.05) is 13.2 Å². The van der Waals surface area contributed by atoms with Gasteiger partial charge in [-0.1, -0.05) is 297 Å². The Morgan fingerprint density at radius 1 is 0.250 bits per heavy atom. The molecule has 0 radical (unpaired) electrons. The van der Waals surface area contributed by atoms with Gasteiger partial charge in [0.2, 0.25) is 0 Å². The third kappa shape index (κ3) is 51.4. The van der Waals surface area contributed by atoms with Crippen LogP contribution in [0.2, 0.25) is 0 Å². The van der Waals surface area contributed by atoms with E-state index < -0.39 is 6.10 Å². The van der Waals surface area contributed by atoms with Gasteiger partial charge in [0.25, 0.3) is 0 Å². The van der Waals surface area contributed by atoms with Gasteiger partial charge >= 0.3 is 17.9 Å². The lowest BCUT2D eigenvalue weighted by Crippen LogP contribution is -2.30. The highest BCUT2D eigenvalue weighted by Crippen LogP contribution is 2.18. The van der Waals surface area contributed by atoms with Gasteiger partial charge in [-0.05, 0) is 19.3 Å². The zero-order valence-corrected chi connectivity index (χ0v) is 43.6. The van der Waals surface area contributed by atoms with E-state index in [0.717, 1.165) is 57.8 Å². The third-order valence-corrected chi connectivity index (χ3v) is 13.4. The van der Waals surface area contributed by atoms with E-state index in [4.69, 9.17) is 14.2 Å². The Bertz CT molecular complexity index is 951. The number of carbonyl (C=O) groups excluding carboxylic acids is 3. The van der Waals surface area contributed by atoms with Crippen LogP contribution in [0, 0.1) is 0 Å². The van der Waals surface area contributed by atoms with E-state index in [1.807, 2.05) is 0 Å². The molecule has 6 heteroatoms. The van der Waals surface area contributed by atoms with Crippen LogP contribution in [0.25, 0.3) is 0 Å². The minimum atomic E-state index is -0.760. The summed E-state index contributed by atoms with van der Waals surface area (Å²) >= 11 is 0. The largest absolute Gasteiger partial charge is 0.462 e. The van der Waals surface area contributed by atoms with Gasteiger partial charge in [-0.25, -0.2) is 0 Å². The first kappa shape index (κ1) is 62.4. The predicted molar refractivity (Wildman–Crippen MR) is 275 cm³/mol. The molecule has 0 saturated heterocycles. The summed E-state index contributed by atoms with van der Waals surface area (Å²) in [5.74, 6) is -0.832. The van der Waals surface area contributed by atoms with Crippen LogP contribution < -0.4 is 0 Å². The number of hydrogen-bond acceptors (Lipinski definition) is 6. The van der Waals surface area contributed by atoms with E-state index in [9.17, 15) is 14.4 Å². The first-order valence-corrected chi connectivity index (χ1v) is 29.0. The molecule has 0 aliphatic heterocycles. The highest BCUT2D eigenvalue weighted by molar-refractivity contribution is 5.71. The topological polar surface area (TPSA) is 78.9 Å². The van der Waals surface area contributed by atoms with Crippen LogP contribution in [0.5, 0.6) is 0 Å². The van der Waals surface area contributed by atoms with Gasteiger partial charge in [0.15, 0.2) is 6.10 Å². The van der Waals surface area contributed by atoms with Crippen molar-refractivity contribution in [1.29, 1.82) is 0 Å². The maximum Gasteiger partial charge on any atom is 0.306 e. The summed E-state index contributed by atoms with van der Waals surface area (Å²) < 4.78 is 16.9. The van der Waals surface area contributed by atoms with Gasteiger partial charge < -0.3 is 14.2 Å². The van der Waals surface area contributed by atoms with Gasteiger partial charge in [-0.3, -0.25) is 14.4 Å². The Hall–Kier alpha value is -1.59. The van der Waals surface area contributed by atoms with Crippen molar-refractivity contribution in [2.24, 2.45) is 0 Å². The van der Waals surface area contributed by atoms with E-state index >= 15 is 0 Å². The minimum Gasteiger partial charge on any atom is -0.462 e. The molecule has 0 aliphatic carbocycles. The van der Waals surface area contributed by atoms with Crippen molar-refractivity contribution in [1.82, 2.24) is 0 Å². The van der Waals surface area contributed by atoms with E-state index in [1.54, 1.807) is 0 Å². The van der Waals surface area contributed by atoms with E-state index in [1.165, 1.54) is 238 Å². The van der Waals surface area contributed by atoms with Crippen LogP contribution in [0.3, 0.4) is 0 Å². The summed E-state index contributed by atoms with van der Waals surface area (Å²) in [6.07, 6.45) is 59.5. The molecule has 0 spiro atoms. The molecule has 0 aromatic rings. The zero-order chi connectivity index (χ0) is 46.5. The van der Waals surface area contributed by atoms with Crippen LogP contribution in [0.15, 0.2) is 0 Å². The van der Waals surface area contributed by atoms with Crippen molar-refractivity contribution < 1.29 is 28.6 Å². The molecule has 6 nitrogen and oxygen atoms in total. The molecule has 1 atom stereocenters. The summed E-state index contributed by atoms with van der Waals surface area (Å²) in [4.78, 5) is 38.1. The second kappa shape index (κ2) is 54.0. The summed E-state index contributed by atoms with van der Waals surface area (Å²) in [7, 11) is 0. The fourth-order valence-corrected chi connectivity index (χ4v) is 8.98. The molecule has 0 N–H and O–H groups in total. The van der Waals surface area contributed by atoms with Crippen LogP contribution in [0.1, 0.15) is 335 Å². The Kier molecular flexibility index (Phi) is 52.7. The molecule has 380 valence electrons. The summed E-state index contributed by atoms with van der Waals surface area (Å²) in [5.41, 5.74) is 0. The number of ether oxygens (including phenoxy) is 3. The van der Waals surface area contributed by atoms with Gasteiger partial charge in [0.05, 0.1) is 0 Å². The second-order valence-electron chi connectivity index (χ2n) is 19.9. The fourth-order valence-electron chi connectivity index (χ4n) is 8.98. The summed E-state index contributed by atoms with van der Waals surface area (Å²) in [5, 5.41) is 0. The molecule has 0 fully saturated rings. The molecular formula is C58H112O6. The first-order valence-electron chi connectivity index (χ1n) is 29.0. The Labute approximate surface area is 399 Å². The summed E-state index contributed by atoms with van der Waals surface area (Å²) in [6, 6.07) is 0. The van der Waals surface area contributed by atoms with Crippen molar-refractivity contribution >= 4 is 17.9 Å². The Morgan fingerprint density at radius 2 is 0.422 bits per heavy atom. The number of carbonyl (C=O) groups is 3. The summed E-state index contributed by atoms with van der Waals surface area (Å²) in [6.45, 7) is 6.71. The van der Waals surface area contributed by atoms with Crippen LogP contribution in [0.4, 0.5) is 0 Å². The lowest BCUT2D eigenvalue weighted by atomic mass is 10.0.